The zero-order valence-electron chi connectivity index (χ0n) is 7.25. The molecule has 0 unspecified atom stereocenters. The van der Waals surface area contributed by atoms with Crippen molar-refractivity contribution in [3.63, 3.8) is 0 Å². The van der Waals surface area contributed by atoms with Crippen LogP contribution in [-0.4, -0.2) is 23.3 Å². The first-order valence-electron chi connectivity index (χ1n) is 4.07. The lowest BCUT2D eigenvalue weighted by Gasteiger charge is -2.00. The highest BCUT2D eigenvalue weighted by atomic mass is 32.1. The van der Waals surface area contributed by atoms with Crippen LogP contribution in [0, 0.1) is 4.77 Å². The number of nitrogens with one attached hydrogen (secondary N) is 1. The van der Waals surface area contributed by atoms with Gasteiger partial charge in [0, 0.05) is 32.7 Å². The van der Waals surface area contributed by atoms with Gasteiger partial charge in [0.05, 0.1) is 0 Å². The largest absolute Gasteiger partial charge is 0.385 e. The number of methoxy groups -OCH3 is 1. The van der Waals surface area contributed by atoms with Crippen molar-refractivity contribution in [3.05, 3.63) is 17.2 Å². The number of unbranched alkanes of at least 4 members (excludes halogenated alkanes) is 1. The molecule has 0 bridgehead atoms. The van der Waals surface area contributed by atoms with E-state index in [1.54, 1.807) is 7.11 Å². The number of hydrogen-bond donors (Lipinski definition) is 1. The van der Waals surface area contributed by atoms with Crippen molar-refractivity contribution in [1.82, 2.24) is 9.55 Å². The number of H-pyrrole nitrogens is 1. The second kappa shape index (κ2) is 5.11. The Morgan fingerprint density at radius 2 is 2.42 bits per heavy atom. The molecule has 12 heavy (non-hydrogen) atoms. The molecule has 1 heterocycles. The van der Waals surface area contributed by atoms with Crippen molar-refractivity contribution in [2.75, 3.05) is 13.7 Å². The zero-order valence-corrected chi connectivity index (χ0v) is 8.06. The Bertz CT molecular complexity index is 266. The number of aryl methyl sites for hydroxylation is 1. The third-order valence-corrected chi connectivity index (χ3v) is 2.07. The quantitative estimate of drug-likeness (QED) is 0.563. The van der Waals surface area contributed by atoms with E-state index in [1.807, 2.05) is 17.0 Å². The van der Waals surface area contributed by atoms with Gasteiger partial charge in [-0.05, 0) is 25.1 Å². The number of nitrogens with zero attached hydrogens (tertiary/aromatic N) is 1. The summed E-state index contributed by atoms with van der Waals surface area (Å²) in [7, 11) is 1.72. The molecule has 0 spiro atoms. The maximum Gasteiger partial charge on any atom is 0.177 e. The van der Waals surface area contributed by atoms with E-state index in [9.17, 15) is 0 Å². The van der Waals surface area contributed by atoms with Gasteiger partial charge >= 0.3 is 0 Å². The molecular formula is C8H14N2OS. The highest BCUT2D eigenvalue weighted by Crippen LogP contribution is 1.96. The van der Waals surface area contributed by atoms with Crippen molar-refractivity contribution in [2.24, 2.45) is 0 Å². The van der Waals surface area contributed by atoms with Gasteiger partial charge in [-0.15, -0.1) is 0 Å². The molecule has 0 radical (unpaired) electrons. The topological polar surface area (TPSA) is 29.9 Å². The second-order valence-electron chi connectivity index (χ2n) is 2.66. The standard InChI is InChI=1S/C8H14N2OS/c1-11-7-3-2-5-10-6-4-9-8(10)12/h4,6H,2-3,5,7H2,1H3,(H,9,12). The summed E-state index contributed by atoms with van der Waals surface area (Å²) < 4.78 is 7.78. The van der Waals surface area contributed by atoms with Crippen molar-refractivity contribution >= 4 is 12.2 Å². The van der Waals surface area contributed by atoms with Crippen molar-refractivity contribution in [2.45, 2.75) is 19.4 Å². The van der Waals surface area contributed by atoms with Crippen molar-refractivity contribution in [3.8, 4) is 0 Å². The van der Waals surface area contributed by atoms with Crippen LogP contribution in [-0.2, 0) is 11.3 Å². The molecular weight excluding hydrogens is 172 g/mol. The van der Waals surface area contributed by atoms with E-state index in [0.29, 0.717) is 0 Å². The van der Waals surface area contributed by atoms with Gasteiger partial charge < -0.3 is 14.3 Å². The van der Waals surface area contributed by atoms with Gasteiger partial charge in [-0.1, -0.05) is 0 Å². The van der Waals surface area contributed by atoms with E-state index in [-0.39, 0.29) is 0 Å². The molecule has 1 rings (SSSR count). The molecule has 3 nitrogen and oxygen atoms in total. The molecule has 0 saturated carbocycles. The van der Waals surface area contributed by atoms with E-state index in [2.05, 4.69) is 4.98 Å². The van der Waals surface area contributed by atoms with Crippen molar-refractivity contribution in [1.29, 1.82) is 0 Å². The molecule has 0 aromatic carbocycles. The molecule has 1 aromatic rings. The van der Waals surface area contributed by atoms with Gasteiger partial charge in [0.2, 0.25) is 0 Å². The van der Waals surface area contributed by atoms with E-state index in [0.717, 1.165) is 30.8 Å². The monoisotopic (exact) mass is 186 g/mol. The number of hydrogen-bond acceptors (Lipinski definition) is 2. The summed E-state index contributed by atoms with van der Waals surface area (Å²) in [6.07, 6.45) is 6.03. The molecule has 0 aliphatic rings. The third-order valence-electron chi connectivity index (χ3n) is 1.72. The minimum absolute atomic E-state index is 0.799. The van der Waals surface area contributed by atoms with Crippen LogP contribution < -0.4 is 0 Å². The summed E-state index contributed by atoms with van der Waals surface area (Å²) in [6.45, 7) is 1.81. The van der Waals surface area contributed by atoms with Crippen molar-refractivity contribution < 1.29 is 4.74 Å². The van der Waals surface area contributed by atoms with Gasteiger partial charge in [0.15, 0.2) is 4.77 Å². The normalized spacial score (nSPS) is 10.4. The molecule has 1 N–H and O–H groups in total. The predicted molar refractivity (Wildman–Crippen MR) is 50.7 cm³/mol. The maximum absolute atomic E-state index is 5.04. The predicted octanol–water partition coefficient (Wildman–Crippen LogP) is 1.97. The maximum atomic E-state index is 5.04. The highest BCUT2D eigenvalue weighted by molar-refractivity contribution is 7.71. The number of imidazole rings is 1. The van der Waals surface area contributed by atoms with Gasteiger partial charge in [0.1, 0.15) is 0 Å². The van der Waals surface area contributed by atoms with Crippen LogP contribution in [0.2, 0.25) is 0 Å². The molecule has 1 aromatic heterocycles. The first-order valence-corrected chi connectivity index (χ1v) is 4.48. The van der Waals surface area contributed by atoms with Gasteiger partial charge in [-0.2, -0.15) is 0 Å². The molecule has 0 aliphatic carbocycles. The van der Waals surface area contributed by atoms with Gasteiger partial charge in [-0.25, -0.2) is 0 Å². The highest BCUT2D eigenvalue weighted by Gasteiger charge is 1.92. The minimum Gasteiger partial charge on any atom is -0.385 e. The van der Waals surface area contributed by atoms with Crippen LogP contribution in [0.1, 0.15) is 12.8 Å². The van der Waals surface area contributed by atoms with Crippen LogP contribution in [0.5, 0.6) is 0 Å². The van der Waals surface area contributed by atoms with Crippen LogP contribution in [0.3, 0.4) is 0 Å². The average Bonchev–Trinajstić information content (AvgIpc) is 2.46. The molecule has 4 heteroatoms. The summed E-state index contributed by atoms with van der Waals surface area (Å²) in [5.74, 6) is 0. The number of rotatable bonds is 5. The number of aromatic amines is 1. The van der Waals surface area contributed by atoms with Crippen LogP contribution in [0.4, 0.5) is 0 Å². The Kier molecular flexibility index (Phi) is 4.04. The lowest BCUT2D eigenvalue weighted by Crippen LogP contribution is -1.98. The fraction of sp³-hybridized carbons (Fsp3) is 0.625. The fourth-order valence-corrected chi connectivity index (χ4v) is 1.27. The third kappa shape index (κ3) is 2.79. The average molecular weight is 186 g/mol. The van der Waals surface area contributed by atoms with Crippen LogP contribution in [0.15, 0.2) is 12.4 Å². The molecule has 0 atom stereocenters. The Morgan fingerprint density at radius 1 is 1.58 bits per heavy atom. The summed E-state index contributed by atoms with van der Waals surface area (Å²) >= 11 is 5.04. The Morgan fingerprint density at radius 3 is 3.00 bits per heavy atom. The molecule has 0 saturated heterocycles. The Hall–Kier alpha value is -0.610. The summed E-state index contributed by atoms with van der Waals surface area (Å²) in [6, 6.07) is 0. The fourth-order valence-electron chi connectivity index (χ4n) is 1.05. The summed E-state index contributed by atoms with van der Waals surface area (Å²) in [5, 5.41) is 0. The first kappa shape index (κ1) is 9.48. The molecule has 0 aliphatic heterocycles. The Labute approximate surface area is 77.4 Å². The zero-order chi connectivity index (χ0) is 8.81. The Balaban J connectivity index is 2.24. The van der Waals surface area contributed by atoms with Gasteiger partial charge in [0.25, 0.3) is 0 Å². The smallest absolute Gasteiger partial charge is 0.177 e. The summed E-state index contributed by atoms with van der Waals surface area (Å²) in [5.41, 5.74) is 0. The SMILES string of the molecule is COCCCCn1cc[nH]c1=S. The number of aromatic nitrogens is 2. The van der Waals surface area contributed by atoms with E-state index in [1.165, 1.54) is 0 Å². The molecule has 0 amide bonds. The lowest BCUT2D eigenvalue weighted by atomic mass is 10.3. The van der Waals surface area contributed by atoms with Crippen LogP contribution in [0.25, 0.3) is 0 Å². The van der Waals surface area contributed by atoms with Crippen LogP contribution >= 0.6 is 12.2 Å². The molecule has 0 fully saturated rings. The minimum atomic E-state index is 0.799. The first-order chi connectivity index (χ1) is 5.84. The number of ether oxygens (including phenoxy) is 1. The second-order valence-corrected chi connectivity index (χ2v) is 3.05. The molecule has 68 valence electrons. The van der Waals surface area contributed by atoms with E-state index in [4.69, 9.17) is 17.0 Å². The van der Waals surface area contributed by atoms with Gasteiger partial charge in [-0.3, -0.25) is 0 Å². The van der Waals surface area contributed by atoms with E-state index < -0.39 is 0 Å². The lowest BCUT2D eigenvalue weighted by molar-refractivity contribution is 0.191. The summed E-state index contributed by atoms with van der Waals surface area (Å²) in [4.78, 5) is 2.96. The van der Waals surface area contributed by atoms with E-state index >= 15 is 0 Å².